The maximum absolute atomic E-state index is 14.7. The molecular weight excluding hydrogens is 339 g/mol. The maximum atomic E-state index is 14.7. The van der Waals surface area contributed by atoms with Crippen molar-refractivity contribution >= 4 is 27.7 Å². The van der Waals surface area contributed by atoms with Crippen molar-refractivity contribution < 1.29 is 9.18 Å². The molecule has 0 aliphatic carbocycles. The number of fused-ring (bicyclic) bond motifs is 3. The fraction of sp³-hybridized carbons (Fsp3) is 0.174. The van der Waals surface area contributed by atoms with Gasteiger partial charge in [-0.25, -0.2) is 4.39 Å². The lowest BCUT2D eigenvalue weighted by atomic mass is 10.0. The summed E-state index contributed by atoms with van der Waals surface area (Å²) in [5, 5.41) is 1.79. The summed E-state index contributed by atoms with van der Waals surface area (Å²) in [6, 6.07) is 17.2. The highest BCUT2D eigenvalue weighted by molar-refractivity contribution is 6.17. The van der Waals surface area contributed by atoms with Gasteiger partial charge in [-0.15, -0.1) is 0 Å². The monoisotopic (exact) mass is 360 g/mol. The van der Waals surface area contributed by atoms with E-state index in [9.17, 15) is 9.18 Å². The van der Waals surface area contributed by atoms with Crippen LogP contribution in [0, 0.1) is 12.7 Å². The number of aryl methyl sites for hydroxylation is 2. The first-order chi connectivity index (χ1) is 13.0. The number of halogens is 1. The molecule has 0 unspecified atom stereocenters. The summed E-state index contributed by atoms with van der Waals surface area (Å²) in [4.78, 5) is 12.0. The summed E-state index contributed by atoms with van der Waals surface area (Å²) >= 11 is 0. The van der Waals surface area contributed by atoms with Crippen LogP contribution < -0.4 is 5.73 Å². The van der Waals surface area contributed by atoms with Gasteiger partial charge in [0.25, 0.3) is 0 Å². The highest BCUT2D eigenvalue weighted by Crippen LogP contribution is 2.33. The van der Waals surface area contributed by atoms with Gasteiger partial charge in [0.1, 0.15) is 5.82 Å². The van der Waals surface area contributed by atoms with E-state index in [-0.39, 0.29) is 5.82 Å². The van der Waals surface area contributed by atoms with Gasteiger partial charge < -0.3 is 10.3 Å². The zero-order chi connectivity index (χ0) is 19.1. The first-order valence-corrected chi connectivity index (χ1v) is 9.09. The highest BCUT2D eigenvalue weighted by atomic mass is 19.1. The van der Waals surface area contributed by atoms with Gasteiger partial charge in [-0.05, 0) is 42.7 Å². The molecular formula is C23H21FN2O. The van der Waals surface area contributed by atoms with E-state index in [2.05, 4.69) is 23.6 Å². The van der Waals surface area contributed by atoms with E-state index in [1.807, 2.05) is 30.3 Å². The molecule has 136 valence electrons. The van der Waals surface area contributed by atoms with Crippen LogP contribution in [-0.2, 0) is 13.0 Å². The van der Waals surface area contributed by atoms with Gasteiger partial charge in [-0.3, -0.25) is 4.79 Å². The van der Waals surface area contributed by atoms with Gasteiger partial charge in [-0.2, -0.15) is 0 Å². The molecule has 3 nitrogen and oxygen atoms in total. The third-order valence-corrected chi connectivity index (χ3v) is 5.23. The van der Waals surface area contributed by atoms with Crippen LogP contribution in [0.5, 0.6) is 0 Å². The molecule has 0 saturated carbocycles. The number of carbonyl (C=O) groups is 1. The number of benzene rings is 3. The molecule has 0 aliphatic heterocycles. The van der Waals surface area contributed by atoms with Gasteiger partial charge in [0.05, 0.1) is 12.1 Å². The third-order valence-electron chi connectivity index (χ3n) is 5.23. The molecule has 4 heteroatoms. The second kappa shape index (κ2) is 6.54. The van der Waals surface area contributed by atoms with Gasteiger partial charge >= 0.3 is 0 Å². The smallest absolute Gasteiger partial charge is 0.249 e. The summed E-state index contributed by atoms with van der Waals surface area (Å²) in [5.74, 6) is -0.647. The highest BCUT2D eigenvalue weighted by Gasteiger charge is 2.17. The maximum Gasteiger partial charge on any atom is 0.249 e. The molecule has 0 radical (unpaired) electrons. The zero-order valence-electron chi connectivity index (χ0n) is 15.4. The first-order valence-electron chi connectivity index (χ1n) is 9.09. The van der Waals surface area contributed by atoms with Crippen LogP contribution in [-0.4, -0.2) is 10.5 Å². The van der Waals surface area contributed by atoms with E-state index in [0.29, 0.717) is 23.2 Å². The summed E-state index contributed by atoms with van der Waals surface area (Å²) in [6.07, 6.45) is 0.902. The molecule has 27 heavy (non-hydrogen) atoms. The number of aromatic nitrogens is 1. The number of nitrogens with two attached hydrogens (primary N) is 1. The van der Waals surface area contributed by atoms with E-state index in [1.54, 1.807) is 19.1 Å². The lowest BCUT2D eigenvalue weighted by Gasteiger charge is -2.11. The Kier molecular flexibility index (Phi) is 4.19. The zero-order valence-corrected chi connectivity index (χ0v) is 15.4. The van der Waals surface area contributed by atoms with E-state index < -0.39 is 5.91 Å². The molecule has 0 saturated heterocycles. The number of primary amides is 1. The molecule has 1 heterocycles. The second-order valence-corrected chi connectivity index (χ2v) is 6.90. The normalized spacial score (nSPS) is 11.4. The Balaban J connectivity index is 2.06. The molecule has 2 N–H and O–H groups in total. The van der Waals surface area contributed by atoms with Crippen LogP contribution in [0.4, 0.5) is 4.39 Å². The molecule has 0 aliphatic rings. The van der Waals surface area contributed by atoms with Crippen LogP contribution in [0.15, 0.2) is 54.6 Å². The minimum Gasteiger partial charge on any atom is -0.366 e. The molecule has 1 aromatic heterocycles. The third kappa shape index (κ3) is 2.78. The van der Waals surface area contributed by atoms with Crippen molar-refractivity contribution in [2.75, 3.05) is 0 Å². The predicted molar refractivity (Wildman–Crippen MR) is 108 cm³/mol. The summed E-state index contributed by atoms with van der Waals surface area (Å²) < 4.78 is 16.7. The van der Waals surface area contributed by atoms with Crippen molar-refractivity contribution in [1.29, 1.82) is 0 Å². The number of carbonyl (C=O) groups excluding carboxylic acids is 1. The van der Waals surface area contributed by atoms with Gasteiger partial charge in [0.2, 0.25) is 5.91 Å². The van der Waals surface area contributed by atoms with Crippen molar-refractivity contribution in [1.82, 2.24) is 4.57 Å². The minimum absolute atomic E-state index is 0.190. The van der Waals surface area contributed by atoms with E-state index in [4.69, 9.17) is 5.73 Å². The molecule has 0 fully saturated rings. The van der Waals surface area contributed by atoms with Crippen LogP contribution in [0.3, 0.4) is 0 Å². The summed E-state index contributed by atoms with van der Waals surface area (Å²) in [6.45, 7) is 4.26. The average molecular weight is 360 g/mol. The van der Waals surface area contributed by atoms with Crippen molar-refractivity contribution in [3.63, 3.8) is 0 Å². The largest absolute Gasteiger partial charge is 0.366 e. The van der Waals surface area contributed by atoms with Gasteiger partial charge in [-0.1, -0.05) is 43.3 Å². The van der Waals surface area contributed by atoms with Gasteiger partial charge in [0.15, 0.2) is 0 Å². The quantitative estimate of drug-likeness (QED) is 0.550. The van der Waals surface area contributed by atoms with Crippen LogP contribution in [0.25, 0.3) is 21.8 Å². The standard InChI is InChI=1S/C23H21FN2O/c1-3-15-10-11-17-20(12-15)26(13-16-7-4-6-14(2)22(16)24)19-9-5-8-18(21(17)19)23(25)27/h4-12H,3,13H2,1-2H3,(H2,25,27). The molecule has 0 bridgehead atoms. The van der Waals surface area contributed by atoms with Crippen LogP contribution >= 0.6 is 0 Å². The topological polar surface area (TPSA) is 48.0 Å². The minimum atomic E-state index is -0.457. The Hall–Kier alpha value is -3.14. The Bertz CT molecular complexity index is 1190. The molecule has 0 atom stereocenters. The molecule has 4 rings (SSSR count). The Morgan fingerprint density at radius 2 is 1.85 bits per heavy atom. The van der Waals surface area contributed by atoms with Crippen molar-refractivity contribution in [2.24, 2.45) is 5.73 Å². The second-order valence-electron chi connectivity index (χ2n) is 6.90. The number of hydrogen-bond acceptors (Lipinski definition) is 1. The van der Waals surface area contributed by atoms with Crippen molar-refractivity contribution in [3.8, 4) is 0 Å². The fourth-order valence-corrected chi connectivity index (χ4v) is 3.79. The molecule has 4 aromatic rings. The lowest BCUT2D eigenvalue weighted by Crippen LogP contribution is -2.11. The van der Waals surface area contributed by atoms with E-state index >= 15 is 0 Å². The number of amides is 1. The van der Waals surface area contributed by atoms with Crippen molar-refractivity contribution in [3.05, 3.63) is 82.7 Å². The van der Waals surface area contributed by atoms with Gasteiger partial charge in [0, 0.05) is 27.4 Å². The average Bonchev–Trinajstić information content (AvgIpc) is 2.98. The number of nitrogens with zero attached hydrogens (tertiary/aromatic N) is 1. The fourth-order valence-electron chi connectivity index (χ4n) is 3.79. The summed E-state index contributed by atoms with van der Waals surface area (Å²) in [5.41, 5.74) is 10.4. The summed E-state index contributed by atoms with van der Waals surface area (Å²) in [7, 11) is 0. The van der Waals surface area contributed by atoms with Crippen molar-refractivity contribution in [2.45, 2.75) is 26.8 Å². The van der Waals surface area contributed by atoms with E-state index in [1.165, 1.54) is 5.56 Å². The van der Waals surface area contributed by atoms with E-state index in [0.717, 1.165) is 28.2 Å². The molecule has 1 amide bonds. The Labute approximate surface area is 157 Å². The first kappa shape index (κ1) is 17.3. The Morgan fingerprint density at radius 3 is 2.59 bits per heavy atom. The van der Waals surface area contributed by atoms with Crippen LogP contribution in [0.2, 0.25) is 0 Å². The SMILES string of the molecule is CCc1ccc2c3c(C(N)=O)cccc3n(Cc3cccc(C)c3F)c2c1. The molecule has 3 aromatic carbocycles. The predicted octanol–water partition coefficient (Wildman–Crippen LogP) is 4.95. The molecule has 0 spiro atoms. The lowest BCUT2D eigenvalue weighted by molar-refractivity contribution is 0.100. The van der Waals surface area contributed by atoms with Crippen LogP contribution in [0.1, 0.15) is 34.0 Å². The number of rotatable bonds is 4. The Morgan fingerprint density at radius 1 is 1.07 bits per heavy atom. The number of hydrogen-bond donors (Lipinski definition) is 1.